The Labute approximate surface area is 94.9 Å². The minimum atomic E-state index is -0.787. The van der Waals surface area contributed by atoms with Crippen LogP contribution in [0.25, 0.3) is 0 Å². The summed E-state index contributed by atoms with van der Waals surface area (Å²) >= 11 is 5.17. The first kappa shape index (κ1) is 11.9. The lowest BCUT2D eigenvalue weighted by atomic mass is 10.0. The van der Waals surface area contributed by atoms with Gasteiger partial charge in [0.25, 0.3) is 0 Å². The fourth-order valence-electron chi connectivity index (χ4n) is 1.32. The average Bonchev–Trinajstić information content (AvgIpc) is 2.18. The molecule has 0 aliphatic rings. The van der Waals surface area contributed by atoms with Crippen molar-refractivity contribution in [3.05, 3.63) is 35.9 Å². The summed E-state index contributed by atoms with van der Waals surface area (Å²) in [6.45, 7) is 1.68. The van der Waals surface area contributed by atoms with Gasteiger partial charge in [0.15, 0.2) is 0 Å². The van der Waals surface area contributed by atoms with Gasteiger partial charge in [-0.3, -0.25) is 4.79 Å². The molecule has 0 spiro atoms. The van der Waals surface area contributed by atoms with Gasteiger partial charge >= 0.3 is 5.97 Å². The van der Waals surface area contributed by atoms with Crippen LogP contribution in [0.15, 0.2) is 30.3 Å². The molecule has 1 aromatic carbocycles. The maximum Gasteiger partial charge on any atom is 0.306 e. The number of carbonyl (C=O) groups is 1. The molecule has 0 bridgehead atoms. The molecule has 0 radical (unpaired) electrons. The Morgan fingerprint density at radius 1 is 1.40 bits per heavy atom. The summed E-state index contributed by atoms with van der Waals surface area (Å²) in [6, 6.07) is 9.86. The first-order chi connectivity index (χ1) is 7.09. The fourth-order valence-corrected chi connectivity index (χ4v) is 1.74. The van der Waals surface area contributed by atoms with Crippen molar-refractivity contribution < 1.29 is 9.90 Å². The smallest absolute Gasteiger partial charge is 0.306 e. The van der Waals surface area contributed by atoms with E-state index in [1.54, 1.807) is 6.92 Å². The molecule has 1 atom stereocenters. The summed E-state index contributed by atoms with van der Waals surface area (Å²) in [5, 5.41) is 8.74. The van der Waals surface area contributed by atoms with Crippen molar-refractivity contribution in [2.75, 3.05) is 0 Å². The monoisotopic (exact) mass is 222 g/mol. The van der Waals surface area contributed by atoms with Crippen molar-refractivity contribution in [2.45, 2.75) is 19.8 Å². The topological polar surface area (TPSA) is 37.3 Å². The van der Waals surface area contributed by atoms with Gasteiger partial charge in [0.1, 0.15) is 0 Å². The summed E-state index contributed by atoms with van der Waals surface area (Å²) in [6.07, 6.45) is 1.16. The Bertz CT molecular complexity index is 346. The largest absolute Gasteiger partial charge is 0.481 e. The predicted octanol–water partition coefficient (Wildman–Crippen LogP) is 2.71. The Balaban J connectivity index is 2.47. The molecule has 1 aromatic rings. The molecule has 2 nitrogen and oxygen atoms in total. The van der Waals surface area contributed by atoms with Crippen LogP contribution in [0.4, 0.5) is 0 Å². The van der Waals surface area contributed by atoms with Crippen LogP contribution in [0, 0.1) is 5.92 Å². The molecule has 0 saturated carbocycles. The summed E-state index contributed by atoms with van der Waals surface area (Å²) in [5.41, 5.74) is 1.14. The van der Waals surface area contributed by atoms with Crippen LogP contribution in [0.3, 0.4) is 0 Å². The zero-order chi connectivity index (χ0) is 11.3. The standard InChI is InChI=1S/C12H14O2S/c1-9(12(13)14)7-11(15)8-10-5-3-2-4-6-10/h2-6,9H,7-8H2,1H3,(H,13,14). The van der Waals surface area contributed by atoms with Gasteiger partial charge in [-0.15, -0.1) is 0 Å². The van der Waals surface area contributed by atoms with E-state index in [0.717, 1.165) is 10.4 Å². The maximum absolute atomic E-state index is 10.6. The van der Waals surface area contributed by atoms with E-state index in [0.29, 0.717) is 12.8 Å². The maximum atomic E-state index is 10.6. The highest BCUT2D eigenvalue weighted by Gasteiger charge is 2.13. The first-order valence-electron chi connectivity index (χ1n) is 4.88. The number of rotatable bonds is 5. The zero-order valence-electron chi connectivity index (χ0n) is 8.64. The third kappa shape index (κ3) is 4.21. The van der Waals surface area contributed by atoms with E-state index in [1.165, 1.54) is 0 Å². The number of carboxylic acid groups (broad SMARTS) is 1. The van der Waals surface area contributed by atoms with Crippen LogP contribution in [-0.2, 0) is 11.2 Å². The molecule has 0 aromatic heterocycles. The van der Waals surface area contributed by atoms with Gasteiger partial charge in [-0.1, -0.05) is 49.5 Å². The van der Waals surface area contributed by atoms with Crippen molar-refractivity contribution in [2.24, 2.45) is 5.92 Å². The lowest BCUT2D eigenvalue weighted by Gasteiger charge is -2.07. The zero-order valence-corrected chi connectivity index (χ0v) is 9.46. The fraction of sp³-hybridized carbons (Fsp3) is 0.333. The van der Waals surface area contributed by atoms with Gasteiger partial charge in [0.05, 0.1) is 5.92 Å². The predicted molar refractivity (Wildman–Crippen MR) is 64.2 cm³/mol. The van der Waals surface area contributed by atoms with Crippen LogP contribution in [0.2, 0.25) is 0 Å². The van der Waals surface area contributed by atoms with Crippen molar-refractivity contribution in [3.8, 4) is 0 Å². The van der Waals surface area contributed by atoms with Gasteiger partial charge in [0, 0.05) is 6.42 Å². The number of hydrogen-bond donors (Lipinski definition) is 1. The molecule has 0 fully saturated rings. The minimum absolute atomic E-state index is 0.388. The molecule has 0 aliphatic carbocycles. The minimum Gasteiger partial charge on any atom is -0.481 e. The molecule has 0 saturated heterocycles. The molecule has 1 N–H and O–H groups in total. The second kappa shape index (κ2) is 5.61. The second-order valence-corrected chi connectivity index (χ2v) is 4.22. The van der Waals surface area contributed by atoms with E-state index >= 15 is 0 Å². The van der Waals surface area contributed by atoms with Crippen molar-refractivity contribution in [1.82, 2.24) is 0 Å². The number of benzene rings is 1. The highest BCUT2D eigenvalue weighted by Crippen LogP contribution is 2.09. The molecular weight excluding hydrogens is 208 g/mol. The molecule has 1 rings (SSSR count). The van der Waals surface area contributed by atoms with E-state index in [2.05, 4.69) is 0 Å². The summed E-state index contributed by atoms with van der Waals surface area (Å²) in [5.74, 6) is -1.17. The number of thiocarbonyl (C=S) groups is 1. The molecule has 1 unspecified atom stereocenters. The average molecular weight is 222 g/mol. The van der Waals surface area contributed by atoms with Crippen LogP contribution >= 0.6 is 12.2 Å². The lowest BCUT2D eigenvalue weighted by molar-refractivity contribution is -0.140. The van der Waals surface area contributed by atoms with E-state index in [1.807, 2.05) is 30.3 Å². The van der Waals surface area contributed by atoms with Crippen LogP contribution in [0.1, 0.15) is 18.9 Å². The van der Waals surface area contributed by atoms with Crippen molar-refractivity contribution in [3.63, 3.8) is 0 Å². The van der Waals surface area contributed by atoms with Gasteiger partial charge in [0.2, 0.25) is 0 Å². The summed E-state index contributed by atoms with van der Waals surface area (Å²) in [7, 11) is 0. The number of aliphatic carboxylic acids is 1. The molecular formula is C12H14O2S. The molecule has 0 heterocycles. The molecule has 0 amide bonds. The Morgan fingerprint density at radius 2 is 2.00 bits per heavy atom. The first-order valence-corrected chi connectivity index (χ1v) is 5.29. The van der Waals surface area contributed by atoms with Crippen LogP contribution < -0.4 is 0 Å². The Hall–Kier alpha value is -1.22. The van der Waals surface area contributed by atoms with Crippen LogP contribution in [0.5, 0.6) is 0 Å². The Kier molecular flexibility index (Phi) is 4.43. The highest BCUT2D eigenvalue weighted by molar-refractivity contribution is 7.80. The van der Waals surface area contributed by atoms with Gasteiger partial charge in [-0.05, 0) is 16.8 Å². The SMILES string of the molecule is CC(CC(=S)Cc1ccccc1)C(=O)O. The summed E-state index contributed by atoms with van der Waals surface area (Å²) < 4.78 is 0. The lowest BCUT2D eigenvalue weighted by Crippen LogP contribution is -2.14. The molecule has 0 aliphatic heterocycles. The quantitative estimate of drug-likeness (QED) is 0.778. The van der Waals surface area contributed by atoms with E-state index in [4.69, 9.17) is 17.3 Å². The Morgan fingerprint density at radius 3 is 2.53 bits per heavy atom. The molecule has 3 heteroatoms. The van der Waals surface area contributed by atoms with Gasteiger partial charge < -0.3 is 5.11 Å². The number of hydrogen-bond acceptors (Lipinski definition) is 2. The third-order valence-corrected chi connectivity index (χ3v) is 2.51. The third-order valence-electron chi connectivity index (χ3n) is 2.20. The van der Waals surface area contributed by atoms with Gasteiger partial charge in [-0.25, -0.2) is 0 Å². The number of carboxylic acids is 1. The van der Waals surface area contributed by atoms with E-state index < -0.39 is 5.97 Å². The molecule has 80 valence electrons. The van der Waals surface area contributed by atoms with E-state index in [9.17, 15) is 4.79 Å². The van der Waals surface area contributed by atoms with E-state index in [-0.39, 0.29) is 5.92 Å². The second-order valence-electron chi connectivity index (χ2n) is 3.64. The van der Waals surface area contributed by atoms with Crippen molar-refractivity contribution >= 4 is 23.1 Å². The van der Waals surface area contributed by atoms with Gasteiger partial charge in [-0.2, -0.15) is 0 Å². The van der Waals surface area contributed by atoms with Crippen LogP contribution in [-0.4, -0.2) is 15.9 Å². The summed E-state index contributed by atoms with van der Waals surface area (Å²) in [4.78, 5) is 11.4. The molecule has 15 heavy (non-hydrogen) atoms. The normalized spacial score (nSPS) is 12.1. The van der Waals surface area contributed by atoms with Crippen molar-refractivity contribution in [1.29, 1.82) is 0 Å². The highest BCUT2D eigenvalue weighted by atomic mass is 32.1.